The number of halogens is 1. The predicted octanol–water partition coefficient (Wildman–Crippen LogP) is 3.98. The Balaban J connectivity index is 2.23. The second kappa shape index (κ2) is 6.62. The molecule has 0 radical (unpaired) electrons. The zero-order chi connectivity index (χ0) is 14.5. The largest absolute Gasteiger partial charge is 0.493 e. The highest BCUT2D eigenvalue weighted by Gasteiger charge is 2.24. The molecule has 0 N–H and O–H groups in total. The van der Waals surface area contributed by atoms with E-state index >= 15 is 0 Å². The molecule has 4 heteroatoms. The van der Waals surface area contributed by atoms with Gasteiger partial charge in [0.2, 0.25) is 0 Å². The van der Waals surface area contributed by atoms with Gasteiger partial charge in [-0.15, -0.1) is 0 Å². The van der Waals surface area contributed by atoms with Crippen molar-refractivity contribution in [2.24, 2.45) is 0 Å². The molecular weight excluding hydrogens is 276 g/mol. The molecule has 0 aliphatic heterocycles. The summed E-state index contributed by atoms with van der Waals surface area (Å²) in [7, 11) is 0. The highest BCUT2D eigenvalue weighted by atomic mass is 35.5. The Bertz CT molecular complexity index is 556. The molecule has 0 aromatic heterocycles. The summed E-state index contributed by atoms with van der Waals surface area (Å²) in [6.45, 7) is 4.56. The number of carbonyl (C=O) groups excluding carboxylic acids is 1. The second-order valence-corrected chi connectivity index (χ2v) is 4.79. The third-order valence-electron chi connectivity index (χ3n) is 3.01. The van der Waals surface area contributed by atoms with E-state index in [2.05, 4.69) is 0 Å². The van der Waals surface area contributed by atoms with E-state index < -0.39 is 0 Å². The molecule has 0 saturated heterocycles. The topological polar surface area (TPSA) is 35.5 Å². The van der Waals surface area contributed by atoms with Crippen LogP contribution in [0.4, 0.5) is 0 Å². The molecule has 0 saturated carbocycles. The van der Waals surface area contributed by atoms with Gasteiger partial charge in [-0.2, -0.15) is 0 Å². The average Bonchev–Trinajstić information content (AvgIpc) is 2.84. The van der Waals surface area contributed by atoms with Gasteiger partial charge in [-0.25, -0.2) is 4.79 Å². The van der Waals surface area contributed by atoms with Crippen molar-refractivity contribution in [3.05, 3.63) is 52.3 Å². The molecule has 106 valence electrons. The maximum absolute atomic E-state index is 11.9. The van der Waals surface area contributed by atoms with Crippen LogP contribution < -0.4 is 0 Å². The zero-order valence-electron chi connectivity index (χ0n) is 11.6. The molecule has 0 amide bonds. The van der Waals surface area contributed by atoms with Gasteiger partial charge < -0.3 is 9.47 Å². The predicted molar refractivity (Wildman–Crippen MR) is 79.3 cm³/mol. The fourth-order valence-corrected chi connectivity index (χ4v) is 2.22. The van der Waals surface area contributed by atoms with Crippen LogP contribution in [0.2, 0.25) is 5.02 Å². The van der Waals surface area contributed by atoms with Gasteiger partial charge in [-0.3, -0.25) is 0 Å². The Labute approximate surface area is 123 Å². The van der Waals surface area contributed by atoms with E-state index in [-0.39, 0.29) is 5.97 Å². The highest BCUT2D eigenvalue weighted by Crippen LogP contribution is 2.34. The van der Waals surface area contributed by atoms with Crippen molar-refractivity contribution in [1.29, 1.82) is 0 Å². The van der Waals surface area contributed by atoms with Gasteiger partial charge in [0.25, 0.3) is 0 Å². The van der Waals surface area contributed by atoms with Gasteiger partial charge in [-0.05, 0) is 43.2 Å². The molecular formula is C16H17ClO3. The maximum atomic E-state index is 11.9. The maximum Gasteiger partial charge on any atom is 0.338 e. The van der Waals surface area contributed by atoms with Gasteiger partial charge in [-0.1, -0.05) is 23.7 Å². The van der Waals surface area contributed by atoms with Gasteiger partial charge in [0.15, 0.2) is 0 Å². The lowest BCUT2D eigenvalue weighted by molar-refractivity contribution is -0.138. The van der Waals surface area contributed by atoms with E-state index in [0.717, 1.165) is 11.1 Å². The van der Waals surface area contributed by atoms with Crippen molar-refractivity contribution in [2.45, 2.75) is 20.3 Å². The fourth-order valence-electron chi connectivity index (χ4n) is 2.10. The van der Waals surface area contributed by atoms with E-state index in [0.29, 0.717) is 36.0 Å². The summed E-state index contributed by atoms with van der Waals surface area (Å²) in [5, 5.41) is 0.691. The molecule has 2 rings (SSSR count). The van der Waals surface area contributed by atoms with Crippen molar-refractivity contribution >= 4 is 23.1 Å². The number of hydrogen-bond donors (Lipinski definition) is 0. The van der Waals surface area contributed by atoms with Crippen LogP contribution in [0.5, 0.6) is 0 Å². The summed E-state index contributed by atoms with van der Waals surface area (Å²) >= 11 is 5.89. The van der Waals surface area contributed by atoms with E-state index in [4.69, 9.17) is 21.1 Å². The molecule has 0 spiro atoms. The van der Waals surface area contributed by atoms with Crippen LogP contribution in [0.1, 0.15) is 25.8 Å². The van der Waals surface area contributed by atoms with E-state index in [1.165, 1.54) is 0 Å². The molecule has 1 aliphatic carbocycles. The van der Waals surface area contributed by atoms with E-state index in [9.17, 15) is 4.79 Å². The van der Waals surface area contributed by atoms with Crippen LogP contribution in [0.15, 0.2) is 41.7 Å². The number of hydrogen-bond acceptors (Lipinski definition) is 3. The average molecular weight is 293 g/mol. The van der Waals surface area contributed by atoms with Crippen LogP contribution in [0.25, 0.3) is 5.57 Å². The monoisotopic (exact) mass is 292 g/mol. The Kier molecular flexibility index (Phi) is 4.85. The van der Waals surface area contributed by atoms with Crippen molar-refractivity contribution in [2.75, 3.05) is 13.2 Å². The first-order chi connectivity index (χ1) is 9.65. The Morgan fingerprint density at radius 3 is 2.50 bits per heavy atom. The molecule has 0 heterocycles. The molecule has 0 unspecified atom stereocenters. The van der Waals surface area contributed by atoms with Gasteiger partial charge in [0.1, 0.15) is 5.76 Å². The smallest absolute Gasteiger partial charge is 0.338 e. The molecule has 1 aromatic carbocycles. The summed E-state index contributed by atoms with van der Waals surface area (Å²) in [5.41, 5.74) is 2.65. The summed E-state index contributed by atoms with van der Waals surface area (Å²) in [6, 6.07) is 7.54. The minimum atomic E-state index is -0.309. The third-order valence-corrected chi connectivity index (χ3v) is 3.26. The van der Waals surface area contributed by atoms with Crippen LogP contribution in [0, 0.1) is 0 Å². The van der Waals surface area contributed by atoms with E-state index in [1.54, 1.807) is 6.92 Å². The van der Waals surface area contributed by atoms with Gasteiger partial charge in [0.05, 0.1) is 18.8 Å². The summed E-state index contributed by atoms with van der Waals surface area (Å²) < 4.78 is 10.6. The minimum absolute atomic E-state index is 0.309. The number of esters is 1. The third kappa shape index (κ3) is 3.23. The first-order valence-corrected chi connectivity index (χ1v) is 7.03. The Hall–Kier alpha value is -1.74. The SMILES string of the molecule is CCOC(=O)C1=C(OCC)C=C(c2ccc(Cl)cc2)C1. The zero-order valence-corrected chi connectivity index (χ0v) is 12.4. The molecule has 3 nitrogen and oxygen atoms in total. The summed E-state index contributed by atoms with van der Waals surface area (Å²) in [6.07, 6.45) is 2.43. The summed E-state index contributed by atoms with van der Waals surface area (Å²) in [5.74, 6) is 0.298. The highest BCUT2D eigenvalue weighted by molar-refractivity contribution is 6.30. The quantitative estimate of drug-likeness (QED) is 0.770. The molecule has 0 atom stereocenters. The number of allylic oxidation sites excluding steroid dienone is 2. The lowest BCUT2D eigenvalue weighted by atomic mass is 10.0. The Morgan fingerprint density at radius 2 is 1.90 bits per heavy atom. The van der Waals surface area contributed by atoms with E-state index in [1.807, 2.05) is 37.3 Å². The molecule has 1 aromatic rings. The van der Waals surface area contributed by atoms with Crippen molar-refractivity contribution in [3.8, 4) is 0 Å². The van der Waals surface area contributed by atoms with Crippen molar-refractivity contribution in [3.63, 3.8) is 0 Å². The van der Waals surface area contributed by atoms with Crippen LogP contribution in [-0.4, -0.2) is 19.2 Å². The van der Waals surface area contributed by atoms with Crippen molar-refractivity contribution < 1.29 is 14.3 Å². The first kappa shape index (κ1) is 14.7. The minimum Gasteiger partial charge on any atom is -0.493 e. The number of carbonyl (C=O) groups is 1. The molecule has 20 heavy (non-hydrogen) atoms. The standard InChI is InChI=1S/C16H17ClO3/c1-3-19-15-10-12(9-14(15)16(18)20-4-2)11-5-7-13(17)8-6-11/h5-8,10H,3-4,9H2,1-2H3. The number of benzene rings is 1. The Morgan fingerprint density at radius 1 is 1.20 bits per heavy atom. The normalized spacial score (nSPS) is 14.2. The van der Waals surface area contributed by atoms with Crippen LogP contribution >= 0.6 is 11.6 Å². The molecule has 0 fully saturated rings. The van der Waals surface area contributed by atoms with Crippen LogP contribution in [0.3, 0.4) is 0 Å². The van der Waals surface area contributed by atoms with Crippen molar-refractivity contribution in [1.82, 2.24) is 0 Å². The lowest BCUT2D eigenvalue weighted by Gasteiger charge is -2.07. The molecule has 0 bridgehead atoms. The summed E-state index contributed by atoms with van der Waals surface area (Å²) in [4.78, 5) is 11.9. The van der Waals surface area contributed by atoms with Gasteiger partial charge >= 0.3 is 5.97 Å². The van der Waals surface area contributed by atoms with Gasteiger partial charge in [0, 0.05) is 11.4 Å². The lowest BCUT2D eigenvalue weighted by Crippen LogP contribution is -2.09. The number of ether oxygens (including phenoxy) is 2. The van der Waals surface area contributed by atoms with Crippen LogP contribution in [-0.2, 0) is 14.3 Å². The second-order valence-electron chi connectivity index (χ2n) is 4.35. The number of rotatable bonds is 5. The molecule has 1 aliphatic rings. The fraction of sp³-hybridized carbons (Fsp3) is 0.312. The first-order valence-electron chi connectivity index (χ1n) is 6.65.